The van der Waals surface area contributed by atoms with Crippen molar-refractivity contribution < 1.29 is 9.59 Å². The van der Waals surface area contributed by atoms with Crippen molar-refractivity contribution in [2.75, 3.05) is 39.3 Å². The largest absolute Gasteiger partial charge is 0.333 e. The van der Waals surface area contributed by atoms with Crippen LogP contribution in [0.2, 0.25) is 0 Å². The van der Waals surface area contributed by atoms with Gasteiger partial charge in [0, 0.05) is 26.2 Å². The highest BCUT2D eigenvalue weighted by atomic mass is 16.2. The topological polar surface area (TPSA) is 52.6 Å². The van der Waals surface area contributed by atoms with Gasteiger partial charge in [-0.2, -0.15) is 0 Å². The van der Waals surface area contributed by atoms with Crippen molar-refractivity contribution in [2.45, 2.75) is 26.7 Å². The second-order valence-electron chi connectivity index (χ2n) is 4.29. The van der Waals surface area contributed by atoms with Gasteiger partial charge >= 0.3 is 11.8 Å². The number of carbonyl (C=O) groups excluding carboxylic acids is 2. The fourth-order valence-electron chi connectivity index (χ4n) is 1.98. The number of rotatable bonds is 7. The number of nitrogens with zero attached hydrogens (tertiary/aromatic N) is 2. The lowest BCUT2D eigenvalue weighted by Crippen LogP contribution is -2.54. The fraction of sp³-hybridized carbons (Fsp3) is 0.833. The first kappa shape index (κ1) is 14.0. The molecule has 1 fully saturated rings. The van der Waals surface area contributed by atoms with Gasteiger partial charge < -0.3 is 15.1 Å². The lowest BCUT2D eigenvalue weighted by molar-refractivity contribution is -0.156. The number of hydrogen-bond donors (Lipinski definition) is 1. The van der Waals surface area contributed by atoms with E-state index in [4.69, 9.17) is 0 Å². The monoisotopic (exact) mass is 241 g/mol. The van der Waals surface area contributed by atoms with Gasteiger partial charge in [0.25, 0.3) is 0 Å². The third-order valence-corrected chi connectivity index (χ3v) is 2.92. The van der Waals surface area contributed by atoms with Crippen molar-refractivity contribution in [1.82, 2.24) is 15.1 Å². The molecule has 2 amide bonds. The summed E-state index contributed by atoms with van der Waals surface area (Å²) >= 11 is 0. The Bertz CT molecular complexity index is 266. The Hall–Kier alpha value is -1.10. The van der Waals surface area contributed by atoms with Gasteiger partial charge in [-0.25, -0.2) is 0 Å². The second kappa shape index (κ2) is 7.27. The van der Waals surface area contributed by atoms with Gasteiger partial charge in [0.05, 0.1) is 0 Å². The molecule has 0 aliphatic carbocycles. The summed E-state index contributed by atoms with van der Waals surface area (Å²) in [4.78, 5) is 26.9. The van der Waals surface area contributed by atoms with E-state index in [0.717, 1.165) is 25.9 Å². The summed E-state index contributed by atoms with van der Waals surface area (Å²) < 4.78 is 0. The molecule has 0 atom stereocenters. The molecule has 0 aromatic rings. The van der Waals surface area contributed by atoms with Crippen LogP contribution >= 0.6 is 0 Å². The van der Waals surface area contributed by atoms with Crippen LogP contribution in [0.25, 0.3) is 0 Å². The van der Waals surface area contributed by atoms with Crippen LogP contribution in [-0.4, -0.2) is 60.9 Å². The van der Waals surface area contributed by atoms with Gasteiger partial charge in [0.1, 0.15) is 0 Å². The Labute approximate surface area is 103 Å². The van der Waals surface area contributed by atoms with Crippen LogP contribution in [0.4, 0.5) is 0 Å². The van der Waals surface area contributed by atoms with Crippen LogP contribution in [-0.2, 0) is 9.59 Å². The molecule has 17 heavy (non-hydrogen) atoms. The molecule has 1 saturated heterocycles. The Balaban J connectivity index is 2.35. The zero-order valence-corrected chi connectivity index (χ0v) is 10.9. The first-order valence-corrected chi connectivity index (χ1v) is 6.49. The van der Waals surface area contributed by atoms with E-state index in [9.17, 15) is 9.59 Å². The molecule has 5 heteroatoms. The lowest BCUT2D eigenvalue weighted by atomic mass is 10.2. The molecule has 0 spiro atoms. The predicted molar refractivity (Wildman–Crippen MR) is 66.6 cm³/mol. The van der Waals surface area contributed by atoms with E-state index in [1.807, 2.05) is 6.92 Å². The lowest BCUT2D eigenvalue weighted by Gasteiger charge is -2.33. The van der Waals surface area contributed by atoms with Gasteiger partial charge in [-0.05, 0) is 25.9 Å². The van der Waals surface area contributed by atoms with E-state index in [1.165, 1.54) is 0 Å². The van der Waals surface area contributed by atoms with Gasteiger partial charge in [-0.15, -0.1) is 0 Å². The summed E-state index contributed by atoms with van der Waals surface area (Å²) in [5.41, 5.74) is 0. The summed E-state index contributed by atoms with van der Waals surface area (Å²) in [7, 11) is 0. The average Bonchev–Trinajstić information content (AvgIpc) is 2.33. The minimum atomic E-state index is -0.332. The van der Waals surface area contributed by atoms with Crippen LogP contribution in [0.5, 0.6) is 0 Å². The number of hydrogen-bond acceptors (Lipinski definition) is 3. The molecule has 0 radical (unpaired) electrons. The number of carbonyl (C=O) groups is 2. The van der Waals surface area contributed by atoms with Crippen molar-refractivity contribution in [1.29, 1.82) is 0 Å². The highest BCUT2D eigenvalue weighted by Crippen LogP contribution is 2.06. The zero-order chi connectivity index (χ0) is 12.7. The van der Waals surface area contributed by atoms with E-state index in [2.05, 4.69) is 12.2 Å². The average molecular weight is 241 g/mol. The van der Waals surface area contributed by atoms with Crippen molar-refractivity contribution in [3.8, 4) is 0 Å². The first-order chi connectivity index (χ1) is 8.20. The highest BCUT2D eigenvalue weighted by molar-refractivity contribution is 6.35. The molecule has 1 rings (SSSR count). The van der Waals surface area contributed by atoms with Gasteiger partial charge in [0.15, 0.2) is 0 Å². The van der Waals surface area contributed by atoms with Crippen molar-refractivity contribution >= 4 is 11.8 Å². The van der Waals surface area contributed by atoms with E-state index in [-0.39, 0.29) is 11.8 Å². The number of piperazine rings is 1. The second-order valence-corrected chi connectivity index (χ2v) is 4.29. The molecule has 5 nitrogen and oxygen atoms in total. The molecule has 0 aromatic carbocycles. The van der Waals surface area contributed by atoms with Gasteiger partial charge in [-0.1, -0.05) is 13.8 Å². The maximum absolute atomic E-state index is 11.8. The summed E-state index contributed by atoms with van der Waals surface area (Å²) in [6.45, 7) is 8.63. The minimum Gasteiger partial charge on any atom is -0.333 e. The molecular weight excluding hydrogens is 218 g/mol. The zero-order valence-electron chi connectivity index (χ0n) is 10.9. The third-order valence-electron chi connectivity index (χ3n) is 2.92. The molecule has 0 aromatic heterocycles. The molecule has 0 bridgehead atoms. The number of nitrogens with one attached hydrogen (secondary N) is 1. The molecule has 1 N–H and O–H groups in total. The molecule has 1 aliphatic rings. The highest BCUT2D eigenvalue weighted by Gasteiger charge is 2.31. The van der Waals surface area contributed by atoms with E-state index in [0.29, 0.717) is 26.2 Å². The number of amides is 2. The van der Waals surface area contributed by atoms with E-state index >= 15 is 0 Å². The molecule has 1 aliphatic heterocycles. The SMILES string of the molecule is CCCN1CCN(CCCNCC)C(=O)C1=O. The summed E-state index contributed by atoms with van der Waals surface area (Å²) in [6, 6.07) is 0. The maximum Gasteiger partial charge on any atom is 0.312 e. The summed E-state index contributed by atoms with van der Waals surface area (Å²) in [6.07, 6.45) is 1.81. The van der Waals surface area contributed by atoms with E-state index < -0.39 is 0 Å². The Morgan fingerprint density at radius 3 is 2.18 bits per heavy atom. The Morgan fingerprint density at radius 2 is 1.65 bits per heavy atom. The quantitative estimate of drug-likeness (QED) is 0.507. The molecule has 98 valence electrons. The Morgan fingerprint density at radius 1 is 1.06 bits per heavy atom. The molecule has 0 unspecified atom stereocenters. The smallest absolute Gasteiger partial charge is 0.312 e. The predicted octanol–water partition coefficient (Wildman–Crippen LogP) is 0.0668. The third kappa shape index (κ3) is 4.00. The van der Waals surface area contributed by atoms with E-state index in [1.54, 1.807) is 9.80 Å². The van der Waals surface area contributed by atoms with Crippen LogP contribution in [0, 0.1) is 0 Å². The van der Waals surface area contributed by atoms with Crippen molar-refractivity contribution in [3.05, 3.63) is 0 Å². The van der Waals surface area contributed by atoms with Crippen LogP contribution in [0.1, 0.15) is 26.7 Å². The van der Waals surface area contributed by atoms with Crippen molar-refractivity contribution in [3.63, 3.8) is 0 Å². The van der Waals surface area contributed by atoms with Crippen LogP contribution < -0.4 is 5.32 Å². The standard InChI is InChI=1S/C12H23N3O2/c1-3-7-14-9-10-15(12(17)11(14)16)8-5-6-13-4-2/h13H,3-10H2,1-2H3. The fourth-order valence-corrected chi connectivity index (χ4v) is 1.98. The van der Waals surface area contributed by atoms with Gasteiger partial charge in [0.2, 0.25) is 0 Å². The minimum absolute atomic E-state index is 0.332. The maximum atomic E-state index is 11.8. The first-order valence-electron chi connectivity index (χ1n) is 6.49. The van der Waals surface area contributed by atoms with Crippen molar-refractivity contribution in [2.24, 2.45) is 0 Å². The summed E-state index contributed by atoms with van der Waals surface area (Å²) in [5, 5.41) is 3.21. The van der Waals surface area contributed by atoms with Crippen LogP contribution in [0.3, 0.4) is 0 Å². The van der Waals surface area contributed by atoms with Crippen LogP contribution in [0.15, 0.2) is 0 Å². The normalized spacial score (nSPS) is 16.8. The van der Waals surface area contributed by atoms with Gasteiger partial charge in [-0.3, -0.25) is 9.59 Å². The summed E-state index contributed by atoms with van der Waals surface area (Å²) in [5.74, 6) is -0.664. The molecular formula is C12H23N3O2. The molecule has 1 heterocycles. The Kier molecular flexibility index (Phi) is 5.97. The molecule has 0 saturated carbocycles.